The Morgan fingerprint density at radius 3 is 2.94 bits per heavy atom. The zero-order chi connectivity index (χ0) is 11.2. The summed E-state index contributed by atoms with van der Waals surface area (Å²) >= 11 is 1.66. The van der Waals surface area contributed by atoms with Crippen molar-refractivity contribution >= 4 is 17.6 Å². The van der Waals surface area contributed by atoms with Gasteiger partial charge in [0, 0.05) is 31.4 Å². The average molecular weight is 232 g/mol. The normalized spacial score (nSPS) is 10.1. The van der Waals surface area contributed by atoms with Gasteiger partial charge in [0.25, 0.3) is 0 Å². The van der Waals surface area contributed by atoms with Crippen molar-refractivity contribution in [1.82, 2.24) is 15.0 Å². The summed E-state index contributed by atoms with van der Waals surface area (Å²) in [5.41, 5.74) is 1.22. The van der Waals surface area contributed by atoms with Crippen LogP contribution in [0.4, 0.5) is 5.82 Å². The molecule has 1 N–H and O–H groups in total. The average Bonchev–Trinajstić information content (AvgIpc) is 2.38. The van der Waals surface area contributed by atoms with Crippen molar-refractivity contribution in [3.05, 3.63) is 42.5 Å². The number of hydrogen-bond acceptors (Lipinski definition) is 5. The summed E-state index contributed by atoms with van der Waals surface area (Å²) in [6.45, 7) is 0. The summed E-state index contributed by atoms with van der Waals surface area (Å²) in [5.74, 6) is 1.76. The van der Waals surface area contributed by atoms with Gasteiger partial charge in [-0.3, -0.25) is 4.98 Å². The molecule has 0 atom stereocenters. The molecule has 2 aromatic rings. The van der Waals surface area contributed by atoms with Crippen LogP contribution in [0.15, 0.2) is 41.9 Å². The van der Waals surface area contributed by atoms with Gasteiger partial charge in [-0.25, -0.2) is 9.97 Å². The maximum absolute atomic E-state index is 4.21. The smallest absolute Gasteiger partial charge is 0.125 e. The Hall–Kier alpha value is -1.62. The van der Waals surface area contributed by atoms with Gasteiger partial charge in [0.1, 0.15) is 10.8 Å². The van der Waals surface area contributed by atoms with Crippen LogP contribution < -0.4 is 5.32 Å². The first-order chi connectivity index (χ1) is 7.88. The van der Waals surface area contributed by atoms with E-state index < -0.39 is 0 Å². The quantitative estimate of drug-likeness (QED) is 0.819. The number of anilines is 1. The summed E-state index contributed by atoms with van der Waals surface area (Å²) in [6, 6.07) is 4.04. The second-order valence-corrected chi connectivity index (χ2v) is 4.13. The zero-order valence-electron chi connectivity index (χ0n) is 8.92. The highest BCUT2D eigenvalue weighted by Gasteiger charge is 1.98. The molecule has 0 saturated carbocycles. The topological polar surface area (TPSA) is 50.7 Å². The van der Waals surface area contributed by atoms with Gasteiger partial charge in [-0.1, -0.05) is 0 Å². The lowest BCUT2D eigenvalue weighted by Gasteiger charge is -2.03. The molecule has 0 aliphatic heterocycles. The zero-order valence-corrected chi connectivity index (χ0v) is 9.74. The molecule has 0 amide bonds. The highest BCUT2D eigenvalue weighted by Crippen LogP contribution is 2.20. The van der Waals surface area contributed by atoms with Gasteiger partial charge < -0.3 is 5.32 Å². The molecule has 0 aromatic carbocycles. The minimum absolute atomic E-state index is 0.871. The lowest BCUT2D eigenvalue weighted by molar-refractivity contribution is 1.05. The molecule has 0 radical (unpaired) electrons. The third-order valence-electron chi connectivity index (χ3n) is 2.01. The van der Waals surface area contributed by atoms with Crippen molar-refractivity contribution in [3.8, 4) is 0 Å². The van der Waals surface area contributed by atoms with E-state index in [4.69, 9.17) is 0 Å². The lowest BCUT2D eigenvalue weighted by Crippen LogP contribution is -1.93. The van der Waals surface area contributed by atoms with E-state index in [0.29, 0.717) is 0 Å². The highest BCUT2D eigenvalue weighted by molar-refractivity contribution is 7.98. The molecular weight excluding hydrogens is 220 g/mol. The number of nitrogens with zero attached hydrogens (tertiary/aromatic N) is 3. The van der Waals surface area contributed by atoms with Gasteiger partial charge in [-0.2, -0.15) is 0 Å². The van der Waals surface area contributed by atoms with Crippen LogP contribution in [0.3, 0.4) is 0 Å². The SMILES string of the molecule is CNc1cc(CSc2cnccn2)ccn1. The van der Waals surface area contributed by atoms with E-state index in [1.54, 1.807) is 36.5 Å². The molecular formula is C11H12N4S. The van der Waals surface area contributed by atoms with Crippen LogP contribution >= 0.6 is 11.8 Å². The molecule has 0 aliphatic carbocycles. The second-order valence-electron chi connectivity index (χ2n) is 3.13. The molecule has 82 valence electrons. The number of hydrogen-bond donors (Lipinski definition) is 1. The summed E-state index contributed by atoms with van der Waals surface area (Å²) < 4.78 is 0. The highest BCUT2D eigenvalue weighted by atomic mass is 32.2. The number of pyridine rings is 1. The van der Waals surface area contributed by atoms with Gasteiger partial charge in [0.2, 0.25) is 0 Å². The Bertz CT molecular complexity index is 447. The van der Waals surface area contributed by atoms with Crippen LogP contribution in [0.1, 0.15) is 5.56 Å². The molecule has 0 bridgehead atoms. The Morgan fingerprint density at radius 2 is 2.19 bits per heavy atom. The molecule has 0 aliphatic rings. The molecule has 2 rings (SSSR count). The molecule has 0 unspecified atom stereocenters. The fourth-order valence-electron chi connectivity index (χ4n) is 1.22. The van der Waals surface area contributed by atoms with Crippen LogP contribution in [-0.2, 0) is 5.75 Å². The summed E-state index contributed by atoms with van der Waals surface area (Å²) in [6.07, 6.45) is 6.95. The minimum atomic E-state index is 0.871. The number of aromatic nitrogens is 3. The Labute approximate surface area is 98.6 Å². The van der Waals surface area contributed by atoms with Crippen molar-refractivity contribution in [2.45, 2.75) is 10.8 Å². The van der Waals surface area contributed by atoms with Crippen LogP contribution in [0.2, 0.25) is 0 Å². The number of nitrogens with one attached hydrogen (secondary N) is 1. The first-order valence-corrected chi connectivity index (χ1v) is 5.88. The fourth-order valence-corrected chi connectivity index (χ4v) is 1.98. The predicted molar refractivity (Wildman–Crippen MR) is 65.4 cm³/mol. The minimum Gasteiger partial charge on any atom is -0.373 e. The van der Waals surface area contributed by atoms with E-state index in [-0.39, 0.29) is 0 Å². The van der Waals surface area contributed by atoms with Crippen molar-refractivity contribution in [1.29, 1.82) is 0 Å². The van der Waals surface area contributed by atoms with Crippen LogP contribution in [-0.4, -0.2) is 22.0 Å². The third-order valence-corrected chi connectivity index (χ3v) is 2.99. The van der Waals surface area contributed by atoms with Crippen LogP contribution in [0.25, 0.3) is 0 Å². The first-order valence-electron chi connectivity index (χ1n) is 4.90. The molecule has 0 spiro atoms. The first kappa shape index (κ1) is 10.9. The molecule has 0 fully saturated rings. The maximum Gasteiger partial charge on any atom is 0.125 e. The van der Waals surface area contributed by atoms with Crippen LogP contribution in [0.5, 0.6) is 0 Å². The standard InChI is InChI=1S/C11H12N4S/c1-12-10-6-9(2-3-14-10)8-16-11-7-13-4-5-15-11/h2-7H,8H2,1H3,(H,12,14). The molecule has 4 nitrogen and oxygen atoms in total. The van der Waals surface area contributed by atoms with Gasteiger partial charge >= 0.3 is 0 Å². The van der Waals surface area contributed by atoms with Crippen molar-refractivity contribution in [2.24, 2.45) is 0 Å². The lowest BCUT2D eigenvalue weighted by atomic mass is 10.3. The van der Waals surface area contributed by atoms with E-state index >= 15 is 0 Å². The van der Waals surface area contributed by atoms with E-state index in [1.165, 1.54) is 5.56 Å². The molecule has 5 heteroatoms. The number of thioether (sulfide) groups is 1. The van der Waals surface area contributed by atoms with Crippen LogP contribution in [0, 0.1) is 0 Å². The molecule has 0 saturated heterocycles. The largest absolute Gasteiger partial charge is 0.373 e. The van der Waals surface area contributed by atoms with E-state index in [9.17, 15) is 0 Å². The molecule has 2 heterocycles. The Balaban J connectivity index is 1.99. The van der Waals surface area contributed by atoms with Gasteiger partial charge in [-0.05, 0) is 17.7 Å². The third kappa shape index (κ3) is 2.93. The van der Waals surface area contributed by atoms with E-state index in [1.807, 2.05) is 19.2 Å². The molecule has 2 aromatic heterocycles. The van der Waals surface area contributed by atoms with Gasteiger partial charge in [0.05, 0.1) is 6.20 Å². The summed E-state index contributed by atoms with van der Waals surface area (Å²) in [4.78, 5) is 12.4. The van der Waals surface area contributed by atoms with Gasteiger partial charge in [-0.15, -0.1) is 11.8 Å². The van der Waals surface area contributed by atoms with Crippen molar-refractivity contribution in [3.63, 3.8) is 0 Å². The summed E-state index contributed by atoms with van der Waals surface area (Å²) in [7, 11) is 1.86. The molecule has 16 heavy (non-hydrogen) atoms. The monoisotopic (exact) mass is 232 g/mol. The van der Waals surface area contributed by atoms with Crippen molar-refractivity contribution in [2.75, 3.05) is 12.4 Å². The fraction of sp³-hybridized carbons (Fsp3) is 0.182. The van der Waals surface area contributed by atoms with Crippen molar-refractivity contribution < 1.29 is 0 Å². The van der Waals surface area contributed by atoms with E-state index in [2.05, 4.69) is 20.3 Å². The second kappa shape index (κ2) is 5.46. The summed E-state index contributed by atoms with van der Waals surface area (Å²) in [5, 5.41) is 3.95. The van der Waals surface area contributed by atoms with Gasteiger partial charge in [0.15, 0.2) is 0 Å². The Morgan fingerprint density at radius 1 is 1.25 bits per heavy atom. The Kier molecular flexibility index (Phi) is 3.71. The maximum atomic E-state index is 4.21. The number of rotatable bonds is 4. The van der Waals surface area contributed by atoms with E-state index in [0.717, 1.165) is 16.6 Å². The predicted octanol–water partition coefficient (Wildman–Crippen LogP) is 2.21.